The van der Waals surface area contributed by atoms with Gasteiger partial charge in [0.2, 0.25) is 5.91 Å². The van der Waals surface area contributed by atoms with E-state index in [4.69, 9.17) is 14.9 Å². The number of anilines is 2. The highest BCUT2D eigenvalue weighted by atomic mass is 16.5. The van der Waals surface area contributed by atoms with Gasteiger partial charge in [-0.05, 0) is 22.8 Å². The van der Waals surface area contributed by atoms with Crippen molar-refractivity contribution in [3.63, 3.8) is 0 Å². The van der Waals surface area contributed by atoms with Crippen molar-refractivity contribution in [2.45, 2.75) is 26.8 Å². The molecule has 0 radical (unpaired) electrons. The summed E-state index contributed by atoms with van der Waals surface area (Å²) in [7, 11) is 1.51. The van der Waals surface area contributed by atoms with E-state index in [0.29, 0.717) is 17.7 Å². The number of fused-ring (bicyclic) bond motifs is 3. The van der Waals surface area contributed by atoms with Crippen LogP contribution in [0.4, 0.5) is 11.5 Å². The highest BCUT2D eigenvalue weighted by Crippen LogP contribution is 2.31. The maximum Gasteiger partial charge on any atom is 0.330 e. The van der Waals surface area contributed by atoms with E-state index in [1.165, 1.54) is 16.6 Å². The lowest BCUT2D eigenvalue weighted by Crippen LogP contribution is -2.43. The van der Waals surface area contributed by atoms with Crippen LogP contribution in [-0.2, 0) is 22.5 Å². The van der Waals surface area contributed by atoms with Crippen LogP contribution in [0.1, 0.15) is 19.4 Å². The van der Waals surface area contributed by atoms with Crippen LogP contribution in [0, 0.1) is 5.92 Å². The fraction of sp³-hybridized carbons (Fsp3) is 0.320. The monoisotopic (exact) mass is 464 g/mol. The number of nitrogens with two attached hydrogens (primary N) is 1. The normalized spacial score (nSPS) is 11.5. The summed E-state index contributed by atoms with van der Waals surface area (Å²) in [5, 5.41) is 2.86. The molecule has 2 aromatic carbocycles. The molecule has 9 nitrogen and oxygen atoms in total. The van der Waals surface area contributed by atoms with Crippen molar-refractivity contribution in [3.8, 4) is 0 Å². The van der Waals surface area contributed by atoms with Gasteiger partial charge < -0.3 is 19.8 Å². The van der Waals surface area contributed by atoms with Crippen LogP contribution < -0.4 is 21.9 Å². The number of rotatable bonds is 8. The molecular weight excluding hydrogens is 436 g/mol. The third-order valence-electron chi connectivity index (χ3n) is 5.73. The SMILES string of the molecule is COCCN(C(=O)Cc1coc2ccc3ccccc3c12)c1c(N)n(CC(C)C)c(=O)[nH]c1=O. The van der Waals surface area contributed by atoms with Crippen molar-refractivity contribution >= 4 is 39.2 Å². The van der Waals surface area contributed by atoms with Gasteiger partial charge in [0.25, 0.3) is 5.56 Å². The lowest BCUT2D eigenvalue weighted by Gasteiger charge is -2.24. The molecule has 0 bridgehead atoms. The number of hydrogen-bond donors (Lipinski definition) is 2. The second kappa shape index (κ2) is 9.56. The number of nitrogen functional groups attached to an aromatic ring is 1. The van der Waals surface area contributed by atoms with Gasteiger partial charge >= 0.3 is 5.69 Å². The Balaban J connectivity index is 1.78. The third kappa shape index (κ3) is 4.34. The predicted molar refractivity (Wildman–Crippen MR) is 132 cm³/mol. The fourth-order valence-electron chi connectivity index (χ4n) is 4.19. The molecule has 2 aromatic heterocycles. The molecule has 34 heavy (non-hydrogen) atoms. The van der Waals surface area contributed by atoms with Crippen LogP contribution in [0.15, 0.2) is 56.7 Å². The van der Waals surface area contributed by atoms with Gasteiger partial charge in [-0.15, -0.1) is 0 Å². The van der Waals surface area contributed by atoms with Crippen molar-refractivity contribution in [2.24, 2.45) is 5.92 Å². The number of ether oxygens (including phenoxy) is 1. The van der Waals surface area contributed by atoms with Gasteiger partial charge in [-0.25, -0.2) is 4.79 Å². The Hall–Kier alpha value is -3.85. The van der Waals surface area contributed by atoms with Crippen LogP contribution in [0.3, 0.4) is 0 Å². The Kier molecular flexibility index (Phi) is 6.56. The summed E-state index contributed by atoms with van der Waals surface area (Å²) in [6.45, 7) is 4.44. The third-order valence-corrected chi connectivity index (χ3v) is 5.73. The van der Waals surface area contributed by atoms with E-state index in [2.05, 4.69) is 4.98 Å². The smallest absolute Gasteiger partial charge is 0.330 e. The van der Waals surface area contributed by atoms with Crippen LogP contribution in [0.5, 0.6) is 0 Å². The molecular formula is C25H28N4O5. The Morgan fingerprint density at radius 2 is 1.97 bits per heavy atom. The zero-order valence-corrected chi connectivity index (χ0v) is 19.5. The lowest BCUT2D eigenvalue weighted by atomic mass is 10.0. The van der Waals surface area contributed by atoms with E-state index < -0.39 is 11.2 Å². The Labute approximate surface area is 195 Å². The number of nitrogens with one attached hydrogen (secondary N) is 1. The molecule has 1 amide bonds. The number of amides is 1. The number of hydrogen-bond acceptors (Lipinski definition) is 6. The average molecular weight is 465 g/mol. The summed E-state index contributed by atoms with van der Waals surface area (Å²) in [4.78, 5) is 42.3. The number of aromatic nitrogens is 2. The number of carbonyl (C=O) groups is 1. The molecule has 0 saturated carbocycles. The zero-order chi connectivity index (χ0) is 24.4. The Morgan fingerprint density at radius 3 is 2.71 bits per heavy atom. The summed E-state index contributed by atoms with van der Waals surface area (Å²) < 4.78 is 12.2. The fourth-order valence-corrected chi connectivity index (χ4v) is 4.19. The van der Waals surface area contributed by atoms with Gasteiger partial charge in [0.05, 0.1) is 19.3 Å². The number of aromatic amines is 1. The second-order valence-electron chi connectivity index (χ2n) is 8.63. The largest absolute Gasteiger partial charge is 0.464 e. The van der Waals surface area contributed by atoms with Gasteiger partial charge in [-0.3, -0.25) is 19.1 Å². The van der Waals surface area contributed by atoms with Gasteiger partial charge in [-0.1, -0.05) is 44.2 Å². The van der Waals surface area contributed by atoms with Crippen LogP contribution in [0.25, 0.3) is 21.7 Å². The molecule has 0 aliphatic heterocycles. The highest BCUT2D eigenvalue weighted by molar-refractivity contribution is 6.09. The van der Waals surface area contributed by atoms with E-state index in [1.807, 2.05) is 50.2 Å². The molecule has 0 unspecified atom stereocenters. The quantitative estimate of drug-likeness (QED) is 0.413. The maximum atomic E-state index is 13.6. The van der Waals surface area contributed by atoms with E-state index >= 15 is 0 Å². The van der Waals surface area contributed by atoms with Gasteiger partial charge in [0.15, 0.2) is 5.69 Å². The first-order chi connectivity index (χ1) is 16.3. The number of benzene rings is 2. The first-order valence-electron chi connectivity index (χ1n) is 11.1. The van der Waals surface area contributed by atoms with E-state index in [9.17, 15) is 14.4 Å². The summed E-state index contributed by atoms with van der Waals surface area (Å²) >= 11 is 0. The topological polar surface area (TPSA) is 124 Å². The first kappa shape index (κ1) is 23.3. The lowest BCUT2D eigenvalue weighted by molar-refractivity contribution is -0.118. The van der Waals surface area contributed by atoms with Gasteiger partial charge in [0, 0.05) is 31.1 Å². The minimum absolute atomic E-state index is 0.0209. The van der Waals surface area contributed by atoms with Crippen molar-refractivity contribution in [2.75, 3.05) is 30.9 Å². The van der Waals surface area contributed by atoms with E-state index in [1.54, 1.807) is 6.26 Å². The van der Waals surface area contributed by atoms with Gasteiger partial charge in [0.1, 0.15) is 11.4 Å². The van der Waals surface area contributed by atoms with Crippen molar-refractivity contribution in [3.05, 3.63) is 69.1 Å². The van der Waals surface area contributed by atoms with Crippen LogP contribution >= 0.6 is 0 Å². The van der Waals surface area contributed by atoms with Crippen molar-refractivity contribution in [1.29, 1.82) is 0 Å². The van der Waals surface area contributed by atoms with Gasteiger partial charge in [-0.2, -0.15) is 0 Å². The molecule has 0 aliphatic rings. The Morgan fingerprint density at radius 1 is 1.21 bits per heavy atom. The van der Waals surface area contributed by atoms with Crippen LogP contribution in [0.2, 0.25) is 0 Å². The number of carbonyl (C=O) groups excluding carboxylic acids is 1. The molecule has 9 heteroatoms. The van der Waals surface area contributed by atoms with E-state index in [-0.39, 0.29) is 42.9 Å². The molecule has 4 aromatic rings. The second-order valence-corrected chi connectivity index (χ2v) is 8.63. The molecule has 178 valence electrons. The molecule has 0 saturated heterocycles. The summed E-state index contributed by atoms with van der Waals surface area (Å²) in [5.41, 5.74) is 6.27. The number of methoxy groups -OCH3 is 1. The molecule has 0 aliphatic carbocycles. The number of H-pyrrole nitrogens is 1. The average Bonchev–Trinajstić information content (AvgIpc) is 3.21. The summed E-state index contributed by atoms with van der Waals surface area (Å²) in [6.07, 6.45) is 1.55. The molecule has 0 spiro atoms. The minimum Gasteiger partial charge on any atom is -0.464 e. The summed E-state index contributed by atoms with van der Waals surface area (Å²) in [6, 6.07) is 11.7. The predicted octanol–water partition coefficient (Wildman–Crippen LogP) is 2.90. The maximum absolute atomic E-state index is 13.6. The van der Waals surface area contributed by atoms with Crippen molar-refractivity contribution in [1.82, 2.24) is 9.55 Å². The highest BCUT2D eigenvalue weighted by Gasteiger charge is 2.25. The number of nitrogens with zero attached hydrogens (tertiary/aromatic N) is 2. The molecule has 2 heterocycles. The minimum atomic E-state index is -0.713. The molecule has 0 fully saturated rings. The van der Waals surface area contributed by atoms with Crippen molar-refractivity contribution < 1.29 is 13.9 Å². The molecule has 0 atom stereocenters. The molecule has 4 rings (SSSR count). The standard InChI is InChI=1S/C25H28N4O5/c1-15(2)13-29-23(26)22(24(31)27-25(29)32)28(10-11-33-3)20(30)12-17-14-34-19-9-8-16-6-4-5-7-18(16)21(17)19/h4-9,14-15H,10-13,26H2,1-3H3,(H,27,31,32). The Bertz CT molecular complexity index is 1460. The first-order valence-corrected chi connectivity index (χ1v) is 11.1. The summed E-state index contributed by atoms with van der Waals surface area (Å²) in [5.74, 6) is -0.304. The number of furan rings is 1. The molecule has 3 N–H and O–H groups in total. The van der Waals surface area contributed by atoms with Crippen LogP contribution in [-0.4, -0.2) is 35.7 Å². The van der Waals surface area contributed by atoms with E-state index in [0.717, 1.165) is 16.2 Å². The zero-order valence-electron chi connectivity index (χ0n) is 19.5.